The van der Waals surface area contributed by atoms with E-state index in [4.69, 9.17) is 0 Å². The lowest BCUT2D eigenvalue weighted by atomic mass is 10.2. The van der Waals surface area contributed by atoms with Gasteiger partial charge >= 0.3 is 0 Å². The van der Waals surface area contributed by atoms with Crippen LogP contribution in [0.15, 0.2) is 24.3 Å². The Bertz CT molecular complexity index is 418. The number of likely N-dealkylation sites (N-methyl/N-ethyl adjacent to an activating group) is 1. The van der Waals surface area contributed by atoms with Crippen LogP contribution in [0, 0.1) is 3.57 Å². The van der Waals surface area contributed by atoms with Gasteiger partial charge in [0.05, 0.1) is 5.56 Å². The molecule has 1 aliphatic rings. The van der Waals surface area contributed by atoms with Gasteiger partial charge < -0.3 is 5.32 Å². The third-order valence-corrected chi connectivity index (χ3v) is 4.21. The smallest absolute Gasteiger partial charge is 0.252 e. The molecule has 18 heavy (non-hydrogen) atoms. The molecule has 0 saturated heterocycles. The van der Waals surface area contributed by atoms with E-state index in [9.17, 15) is 4.79 Å². The summed E-state index contributed by atoms with van der Waals surface area (Å²) in [7, 11) is 0. The van der Waals surface area contributed by atoms with Gasteiger partial charge in [-0.25, -0.2) is 0 Å². The van der Waals surface area contributed by atoms with Gasteiger partial charge in [0.25, 0.3) is 5.91 Å². The quantitative estimate of drug-likeness (QED) is 0.793. The fourth-order valence-electron chi connectivity index (χ4n) is 2.09. The number of amides is 1. The number of nitrogens with one attached hydrogen (secondary N) is 1. The van der Waals surface area contributed by atoms with Gasteiger partial charge in [0.15, 0.2) is 0 Å². The van der Waals surface area contributed by atoms with Gasteiger partial charge in [0.1, 0.15) is 0 Å². The number of benzene rings is 1. The van der Waals surface area contributed by atoms with Crippen molar-refractivity contribution in [2.24, 2.45) is 0 Å². The monoisotopic (exact) mass is 358 g/mol. The average molecular weight is 358 g/mol. The van der Waals surface area contributed by atoms with Crippen LogP contribution < -0.4 is 5.32 Å². The number of halogens is 1. The molecule has 1 fully saturated rings. The maximum Gasteiger partial charge on any atom is 0.252 e. The van der Waals surface area contributed by atoms with E-state index in [-0.39, 0.29) is 5.91 Å². The summed E-state index contributed by atoms with van der Waals surface area (Å²) in [6.07, 6.45) is 2.64. The normalized spacial score (nSPS) is 14.8. The molecule has 0 aromatic heterocycles. The van der Waals surface area contributed by atoms with Crippen molar-refractivity contribution >= 4 is 28.5 Å². The second-order valence-electron chi connectivity index (χ2n) is 4.60. The Morgan fingerprint density at radius 3 is 2.78 bits per heavy atom. The third kappa shape index (κ3) is 3.68. The largest absolute Gasteiger partial charge is 0.351 e. The molecule has 1 N–H and O–H groups in total. The molecule has 0 heterocycles. The first-order valence-electron chi connectivity index (χ1n) is 6.49. The molecule has 1 aliphatic carbocycles. The van der Waals surface area contributed by atoms with Crippen LogP contribution in [-0.4, -0.2) is 36.5 Å². The number of hydrogen-bond donors (Lipinski definition) is 1. The standard InChI is InChI=1S/C14H19IN2O/c1-2-17(11-7-8-11)10-9-16-14(18)12-5-3-4-6-13(12)15/h3-6,11H,2,7-10H2,1H3,(H,16,18). The first-order valence-corrected chi connectivity index (χ1v) is 7.57. The number of nitrogens with zero attached hydrogens (tertiary/aromatic N) is 1. The zero-order valence-corrected chi connectivity index (χ0v) is 12.8. The maximum absolute atomic E-state index is 12.0. The highest BCUT2D eigenvalue weighted by molar-refractivity contribution is 14.1. The molecular weight excluding hydrogens is 339 g/mol. The summed E-state index contributed by atoms with van der Waals surface area (Å²) >= 11 is 2.20. The number of carbonyl (C=O) groups is 1. The molecule has 2 rings (SSSR count). The van der Waals surface area contributed by atoms with E-state index in [0.717, 1.165) is 34.8 Å². The van der Waals surface area contributed by atoms with Crippen LogP contribution >= 0.6 is 22.6 Å². The van der Waals surface area contributed by atoms with Crippen LogP contribution in [0.4, 0.5) is 0 Å². The SMILES string of the molecule is CCN(CCNC(=O)c1ccccc1I)C1CC1. The topological polar surface area (TPSA) is 32.3 Å². The van der Waals surface area contributed by atoms with Crippen molar-refractivity contribution in [1.29, 1.82) is 0 Å². The molecule has 1 aromatic carbocycles. The summed E-state index contributed by atoms with van der Waals surface area (Å²) in [6, 6.07) is 8.45. The minimum Gasteiger partial charge on any atom is -0.351 e. The van der Waals surface area contributed by atoms with Gasteiger partial charge in [-0.2, -0.15) is 0 Å². The number of rotatable bonds is 6. The van der Waals surface area contributed by atoms with E-state index in [1.807, 2.05) is 24.3 Å². The van der Waals surface area contributed by atoms with Crippen molar-refractivity contribution in [3.05, 3.63) is 33.4 Å². The van der Waals surface area contributed by atoms with Crippen LogP contribution in [0.2, 0.25) is 0 Å². The number of hydrogen-bond acceptors (Lipinski definition) is 2. The summed E-state index contributed by atoms with van der Waals surface area (Å²) in [6.45, 7) is 4.94. The zero-order chi connectivity index (χ0) is 13.0. The lowest BCUT2D eigenvalue weighted by Crippen LogP contribution is -2.36. The van der Waals surface area contributed by atoms with Crippen molar-refractivity contribution in [1.82, 2.24) is 10.2 Å². The molecule has 0 radical (unpaired) electrons. The highest BCUT2D eigenvalue weighted by Crippen LogP contribution is 2.25. The maximum atomic E-state index is 12.0. The number of carbonyl (C=O) groups excluding carboxylic acids is 1. The van der Waals surface area contributed by atoms with E-state index >= 15 is 0 Å². The van der Waals surface area contributed by atoms with Crippen LogP contribution in [0.25, 0.3) is 0 Å². The Hall–Kier alpha value is -0.620. The van der Waals surface area contributed by atoms with Crippen molar-refractivity contribution in [3.8, 4) is 0 Å². The zero-order valence-electron chi connectivity index (χ0n) is 10.7. The highest BCUT2D eigenvalue weighted by Gasteiger charge is 2.27. The van der Waals surface area contributed by atoms with Gasteiger partial charge in [-0.05, 0) is 54.1 Å². The fraction of sp³-hybridized carbons (Fsp3) is 0.500. The second kappa shape index (κ2) is 6.52. The molecule has 4 heteroatoms. The van der Waals surface area contributed by atoms with Gasteiger partial charge in [-0.1, -0.05) is 19.1 Å². The molecular formula is C14H19IN2O. The molecule has 0 bridgehead atoms. The summed E-state index contributed by atoms with van der Waals surface area (Å²) in [5, 5.41) is 3.00. The molecule has 1 saturated carbocycles. The van der Waals surface area contributed by atoms with E-state index < -0.39 is 0 Å². The second-order valence-corrected chi connectivity index (χ2v) is 5.76. The fourth-order valence-corrected chi connectivity index (χ4v) is 2.72. The van der Waals surface area contributed by atoms with Crippen LogP contribution in [0.1, 0.15) is 30.1 Å². The van der Waals surface area contributed by atoms with E-state index in [1.165, 1.54) is 12.8 Å². The Labute approximate surface area is 122 Å². The van der Waals surface area contributed by atoms with Crippen molar-refractivity contribution in [3.63, 3.8) is 0 Å². The Morgan fingerprint density at radius 1 is 1.44 bits per heavy atom. The molecule has 0 aliphatic heterocycles. The predicted molar refractivity (Wildman–Crippen MR) is 81.8 cm³/mol. The Kier molecular flexibility index (Phi) is 5.00. The van der Waals surface area contributed by atoms with Crippen LogP contribution in [-0.2, 0) is 0 Å². The highest BCUT2D eigenvalue weighted by atomic mass is 127. The minimum atomic E-state index is 0.0341. The van der Waals surface area contributed by atoms with Gasteiger partial charge in [0.2, 0.25) is 0 Å². The van der Waals surface area contributed by atoms with Gasteiger partial charge in [-0.15, -0.1) is 0 Å². The minimum absolute atomic E-state index is 0.0341. The van der Waals surface area contributed by atoms with E-state index in [0.29, 0.717) is 0 Å². The predicted octanol–water partition coefficient (Wildman–Crippen LogP) is 2.51. The Morgan fingerprint density at radius 2 is 2.17 bits per heavy atom. The third-order valence-electron chi connectivity index (χ3n) is 3.27. The molecule has 1 amide bonds. The van der Waals surface area contributed by atoms with Gasteiger partial charge in [0, 0.05) is 22.7 Å². The molecule has 0 spiro atoms. The molecule has 3 nitrogen and oxygen atoms in total. The molecule has 1 aromatic rings. The molecule has 0 atom stereocenters. The van der Waals surface area contributed by atoms with Gasteiger partial charge in [-0.3, -0.25) is 9.69 Å². The first kappa shape index (κ1) is 13.8. The van der Waals surface area contributed by atoms with Crippen molar-refractivity contribution in [2.45, 2.75) is 25.8 Å². The molecule has 98 valence electrons. The van der Waals surface area contributed by atoms with E-state index in [2.05, 4.69) is 39.7 Å². The summed E-state index contributed by atoms with van der Waals surface area (Å²) in [5.41, 5.74) is 0.771. The lowest BCUT2D eigenvalue weighted by Gasteiger charge is -2.19. The summed E-state index contributed by atoms with van der Waals surface area (Å²) in [4.78, 5) is 14.4. The van der Waals surface area contributed by atoms with E-state index in [1.54, 1.807) is 0 Å². The van der Waals surface area contributed by atoms with Crippen LogP contribution in [0.5, 0.6) is 0 Å². The van der Waals surface area contributed by atoms with Crippen LogP contribution in [0.3, 0.4) is 0 Å². The van der Waals surface area contributed by atoms with Crippen molar-refractivity contribution in [2.75, 3.05) is 19.6 Å². The average Bonchev–Trinajstić information content (AvgIpc) is 3.19. The molecule has 0 unspecified atom stereocenters. The summed E-state index contributed by atoms with van der Waals surface area (Å²) in [5.74, 6) is 0.0341. The van der Waals surface area contributed by atoms with Crippen molar-refractivity contribution < 1.29 is 4.79 Å². The summed E-state index contributed by atoms with van der Waals surface area (Å²) < 4.78 is 1.00. The first-order chi connectivity index (χ1) is 8.72. The lowest BCUT2D eigenvalue weighted by molar-refractivity contribution is 0.0947. The Balaban J connectivity index is 1.79.